The van der Waals surface area contributed by atoms with Gasteiger partial charge in [-0.3, -0.25) is 9.59 Å². The Kier molecular flexibility index (Phi) is 7.57. The van der Waals surface area contributed by atoms with Crippen molar-refractivity contribution in [3.63, 3.8) is 0 Å². The molecule has 2 aromatic rings. The van der Waals surface area contributed by atoms with Crippen LogP contribution in [0.3, 0.4) is 0 Å². The fourth-order valence-corrected chi connectivity index (χ4v) is 3.85. The first-order chi connectivity index (χ1) is 13.9. The first-order valence-corrected chi connectivity index (χ1v) is 11.0. The number of aryl methyl sites for hydroxylation is 1. The fraction of sp³-hybridized carbons (Fsp3) is 0.421. The van der Waals surface area contributed by atoms with Gasteiger partial charge in [-0.15, -0.1) is 11.8 Å². The minimum Gasteiger partial charge on any atom is -0.378 e. The number of morpholine rings is 1. The number of hydrogen-bond donors (Lipinski definition) is 2. The number of hydrogen-bond acceptors (Lipinski definition) is 7. The van der Waals surface area contributed by atoms with Crippen LogP contribution < -0.4 is 15.5 Å². The zero-order chi connectivity index (χ0) is 20.8. The van der Waals surface area contributed by atoms with Gasteiger partial charge >= 0.3 is 0 Å². The standard InChI is InChI=1S/C19H23BrN4O4S/c1-12-9-17(23-28-12)22-19(26)13(2)29-11-18(25)21-15-10-14(20)3-4-16(15)24-5-7-27-8-6-24/h3-4,9-10,13H,5-8,11H2,1-2H3,(H,21,25)(H,22,23,26). The summed E-state index contributed by atoms with van der Waals surface area (Å²) in [5, 5.41) is 8.96. The lowest BCUT2D eigenvalue weighted by molar-refractivity contribution is -0.115. The summed E-state index contributed by atoms with van der Waals surface area (Å²) in [6.45, 7) is 6.38. The molecule has 1 saturated heterocycles. The van der Waals surface area contributed by atoms with Gasteiger partial charge in [0.1, 0.15) is 5.76 Å². The second-order valence-corrected chi connectivity index (χ2v) is 8.82. The Balaban J connectivity index is 1.55. The molecule has 3 rings (SSSR count). The maximum atomic E-state index is 12.5. The van der Waals surface area contributed by atoms with Crippen molar-refractivity contribution in [3.8, 4) is 0 Å². The van der Waals surface area contributed by atoms with Gasteiger partial charge in [0.15, 0.2) is 5.82 Å². The van der Waals surface area contributed by atoms with E-state index in [2.05, 4.69) is 36.6 Å². The van der Waals surface area contributed by atoms with Crippen molar-refractivity contribution in [1.82, 2.24) is 5.16 Å². The topological polar surface area (TPSA) is 96.7 Å². The Morgan fingerprint density at radius 2 is 2.03 bits per heavy atom. The molecule has 0 spiro atoms. The molecule has 1 fully saturated rings. The van der Waals surface area contributed by atoms with E-state index in [1.807, 2.05) is 18.2 Å². The van der Waals surface area contributed by atoms with E-state index in [4.69, 9.17) is 9.26 Å². The lowest BCUT2D eigenvalue weighted by atomic mass is 10.2. The van der Waals surface area contributed by atoms with Gasteiger partial charge in [0, 0.05) is 23.6 Å². The van der Waals surface area contributed by atoms with Crippen molar-refractivity contribution in [3.05, 3.63) is 34.5 Å². The van der Waals surface area contributed by atoms with Crippen LogP contribution in [0, 0.1) is 6.92 Å². The molecular formula is C19H23BrN4O4S. The third kappa shape index (κ3) is 6.22. The summed E-state index contributed by atoms with van der Waals surface area (Å²) >= 11 is 4.71. The van der Waals surface area contributed by atoms with Crippen LogP contribution in [0.2, 0.25) is 0 Å². The lowest BCUT2D eigenvalue weighted by Gasteiger charge is -2.30. The number of rotatable bonds is 7. The van der Waals surface area contributed by atoms with Crippen molar-refractivity contribution < 1.29 is 18.8 Å². The molecule has 0 aliphatic carbocycles. The Morgan fingerprint density at radius 3 is 2.72 bits per heavy atom. The lowest BCUT2D eigenvalue weighted by Crippen LogP contribution is -2.36. The number of halogens is 1. The van der Waals surface area contributed by atoms with Crippen LogP contribution in [-0.2, 0) is 14.3 Å². The first-order valence-electron chi connectivity index (χ1n) is 9.20. The number of carbonyl (C=O) groups is 2. The van der Waals surface area contributed by atoms with Gasteiger partial charge in [-0.1, -0.05) is 21.1 Å². The number of anilines is 3. The number of carbonyl (C=O) groups excluding carboxylic acids is 2. The number of nitrogens with zero attached hydrogens (tertiary/aromatic N) is 2. The largest absolute Gasteiger partial charge is 0.378 e. The first kappa shape index (κ1) is 21.7. The Labute approximate surface area is 181 Å². The summed E-state index contributed by atoms with van der Waals surface area (Å²) in [6, 6.07) is 7.46. The zero-order valence-corrected chi connectivity index (χ0v) is 18.6. The highest BCUT2D eigenvalue weighted by Crippen LogP contribution is 2.30. The molecule has 1 aliphatic rings. The smallest absolute Gasteiger partial charge is 0.238 e. The SMILES string of the molecule is Cc1cc(NC(=O)C(C)SCC(=O)Nc2cc(Br)ccc2N2CCOCC2)no1. The van der Waals surface area contributed by atoms with E-state index in [9.17, 15) is 9.59 Å². The highest BCUT2D eigenvalue weighted by Gasteiger charge is 2.19. The molecule has 1 aromatic heterocycles. The second kappa shape index (κ2) is 10.1. The number of aromatic nitrogens is 1. The molecule has 1 aromatic carbocycles. The highest BCUT2D eigenvalue weighted by atomic mass is 79.9. The molecule has 8 nitrogen and oxygen atoms in total. The van der Waals surface area contributed by atoms with Crippen LogP contribution in [0.15, 0.2) is 33.3 Å². The summed E-state index contributed by atoms with van der Waals surface area (Å²) in [6.07, 6.45) is 0. The molecule has 2 heterocycles. The minimum absolute atomic E-state index is 0.154. The van der Waals surface area contributed by atoms with Crippen LogP contribution >= 0.6 is 27.7 Å². The van der Waals surface area contributed by atoms with Crippen molar-refractivity contribution >= 4 is 56.7 Å². The molecule has 1 aliphatic heterocycles. The van der Waals surface area contributed by atoms with Crippen LogP contribution in [0.4, 0.5) is 17.2 Å². The van der Waals surface area contributed by atoms with Crippen LogP contribution in [0.5, 0.6) is 0 Å². The van der Waals surface area contributed by atoms with E-state index < -0.39 is 5.25 Å². The maximum Gasteiger partial charge on any atom is 0.238 e. The molecular weight excluding hydrogens is 460 g/mol. The van der Waals surface area contributed by atoms with E-state index in [0.717, 1.165) is 28.9 Å². The van der Waals surface area contributed by atoms with Crippen molar-refractivity contribution in [2.75, 3.05) is 47.6 Å². The minimum atomic E-state index is -0.418. The maximum absolute atomic E-state index is 12.5. The van der Waals surface area contributed by atoms with Gasteiger partial charge in [0.2, 0.25) is 11.8 Å². The molecule has 0 bridgehead atoms. The predicted octanol–water partition coefficient (Wildman–Crippen LogP) is 3.28. The molecule has 2 N–H and O–H groups in total. The van der Waals surface area contributed by atoms with Gasteiger partial charge in [-0.2, -0.15) is 0 Å². The highest BCUT2D eigenvalue weighted by molar-refractivity contribution is 9.10. The van der Waals surface area contributed by atoms with E-state index in [-0.39, 0.29) is 17.6 Å². The molecule has 2 amide bonds. The van der Waals surface area contributed by atoms with Gasteiger partial charge in [-0.05, 0) is 32.0 Å². The molecule has 156 valence electrons. The number of nitrogens with one attached hydrogen (secondary N) is 2. The average molecular weight is 483 g/mol. The molecule has 1 unspecified atom stereocenters. The number of thioether (sulfide) groups is 1. The predicted molar refractivity (Wildman–Crippen MR) is 118 cm³/mol. The second-order valence-electron chi connectivity index (χ2n) is 6.57. The third-order valence-electron chi connectivity index (χ3n) is 4.30. The quantitative estimate of drug-likeness (QED) is 0.624. The van der Waals surface area contributed by atoms with Crippen molar-refractivity contribution in [2.45, 2.75) is 19.1 Å². The van der Waals surface area contributed by atoms with Crippen LogP contribution in [0.1, 0.15) is 12.7 Å². The third-order valence-corrected chi connectivity index (χ3v) is 5.93. The van der Waals surface area contributed by atoms with Crippen molar-refractivity contribution in [1.29, 1.82) is 0 Å². The normalized spacial score (nSPS) is 15.1. The van der Waals surface area contributed by atoms with E-state index in [0.29, 0.717) is 24.8 Å². The molecule has 0 radical (unpaired) electrons. The van der Waals surface area contributed by atoms with Gasteiger partial charge in [0.25, 0.3) is 0 Å². The van der Waals surface area contributed by atoms with Gasteiger partial charge < -0.3 is 24.8 Å². The fourth-order valence-electron chi connectivity index (χ4n) is 2.80. The molecule has 0 saturated carbocycles. The summed E-state index contributed by atoms with van der Waals surface area (Å²) in [7, 11) is 0. The van der Waals surface area contributed by atoms with Crippen LogP contribution in [0.25, 0.3) is 0 Å². The summed E-state index contributed by atoms with van der Waals surface area (Å²) in [5.74, 6) is 0.743. The van der Waals surface area contributed by atoms with E-state index in [1.165, 1.54) is 11.8 Å². The average Bonchev–Trinajstić information content (AvgIpc) is 3.11. The number of ether oxygens (including phenoxy) is 1. The number of amides is 2. The van der Waals surface area contributed by atoms with E-state index >= 15 is 0 Å². The Hall–Kier alpha value is -2.04. The summed E-state index contributed by atoms with van der Waals surface area (Å²) in [4.78, 5) is 26.9. The monoisotopic (exact) mass is 482 g/mol. The summed E-state index contributed by atoms with van der Waals surface area (Å²) in [5.41, 5.74) is 1.70. The summed E-state index contributed by atoms with van der Waals surface area (Å²) < 4.78 is 11.2. The van der Waals surface area contributed by atoms with Gasteiger partial charge in [-0.25, -0.2) is 0 Å². The van der Waals surface area contributed by atoms with Crippen molar-refractivity contribution in [2.24, 2.45) is 0 Å². The van der Waals surface area contributed by atoms with Crippen LogP contribution in [-0.4, -0.2) is 54.3 Å². The van der Waals surface area contributed by atoms with Gasteiger partial charge in [0.05, 0.1) is 35.6 Å². The molecule has 10 heteroatoms. The number of benzene rings is 1. The Bertz CT molecular complexity index is 870. The van der Waals surface area contributed by atoms with E-state index in [1.54, 1.807) is 19.9 Å². The molecule has 29 heavy (non-hydrogen) atoms. The Morgan fingerprint density at radius 1 is 1.28 bits per heavy atom. The zero-order valence-electron chi connectivity index (χ0n) is 16.2. The molecule has 1 atom stereocenters.